The Hall–Kier alpha value is -0.620. The van der Waals surface area contributed by atoms with Crippen LogP contribution in [0.3, 0.4) is 0 Å². The summed E-state index contributed by atoms with van der Waals surface area (Å²) in [4.78, 5) is 11.4. The Morgan fingerprint density at radius 1 is 1.47 bits per heavy atom. The first-order valence-corrected chi connectivity index (χ1v) is 4.90. The molecule has 0 atom stereocenters. The van der Waals surface area contributed by atoms with E-state index in [1.807, 2.05) is 0 Å². The summed E-state index contributed by atoms with van der Waals surface area (Å²) in [7, 11) is 1.56. The van der Waals surface area contributed by atoms with Crippen molar-refractivity contribution in [1.82, 2.24) is 9.78 Å². The number of hydrogen-bond donors (Lipinski definition) is 0. The van der Waals surface area contributed by atoms with Gasteiger partial charge in [0.05, 0.1) is 24.4 Å². The molecule has 0 saturated carbocycles. The van der Waals surface area contributed by atoms with Gasteiger partial charge in [-0.25, -0.2) is 4.68 Å². The van der Waals surface area contributed by atoms with Gasteiger partial charge >= 0.3 is 0 Å². The normalized spacial score (nSPS) is 10.6. The van der Waals surface area contributed by atoms with Gasteiger partial charge in [0.15, 0.2) is 0 Å². The molecule has 0 N–H and O–H groups in total. The van der Waals surface area contributed by atoms with Crippen molar-refractivity contribution in [2.45, 2.75) is 6.73 Å². The molecule has 0 spiro atoms. The Morgan fingerprint density at radius 2 is 2.20 bits per heavy atom. The van der Waals surface area contributed by atoms with Crippen LogP contribution in [0.25, 0.3) is 0 Å². The second kappa shape index (κ2) is 6.07. The van der Waals surface area contributed by atoms with Crippen LogP contribution in [0.1, 0.15) is 0 Å². The summed E-state index contributed by atoms with van der Waals surface area (Å²) in [6, 6.07) is 0. The Balaban J connectivity index is 2.63. The van der Waals surface area contributed by atoms with Crippen LogP contribution < -0.4 is 5.56 Å². The third-order valence-corrected chi connectivity index (χ3v) is 2.34. The molecule has 1 heterocycles. The van der Waals surface area contributed by atoms with Crippen LogP contribution in [0.15, 0.2) is 11.0 Å². The minimum atomic E-state index is -0.471. The fraction of sp³-hybridized carbons (Fsp3) is 0.500. The number of aromatic nitrogens is 2. The monoisotopic (exact) mass is 252 g/mol. The first-order valence-electron chi connectivity index (χ1n) is 4.14. The Morgan fingerprint density at radius 3 is 2.87 bits per heavy atom. The standard InChI is InChI=1S/C8H10Cl2N2O3/c1-14-2-3-15-5-12-8(13)7(10)6(9)4-11-12/h4H,2-3,5H2,1H3. The van der Waals surface area contributed by atoms with Crippen LogP contribution in [0.4, 0.5) is 0 Å². The molecule has 0 aliphatic rings. The molecule has 1 aromatic heterocycles. The maximum Gasteiger partial charge on any atom is 0.289 e. The third-order valence-electron chi connectivity index (χ3n) is 1.59. The van der Waals surface area contributed by atoms with E-state index in [0.29, 0.717) is 13.2 Å². The molecule has 5 nitrogen and oxygen atoms in total. The lowest BCUT2D eigenvalue weighted by Gasteiger charge is -2.06. The lowest BCUT2D eigenvalue weighted by molar-refractivity contribution is 0.0266. The van der Waals surface area contributed by atoms with Gasteiger partial charge in [-0.1, -0.05) is 23.2 Å². The smallest absolute Gasteiger partial charge is 0.289 e. The molecule has 0 aliphatic carbocycles. The van der Waals surface area contributed by atoms with Gasteiger partial charge in [0.1, 0.15) is 11.8 Å². The second-order valence-electron chi connectivity index (χ2n) is 2.64. The minimum Gasteiger partial charge on any atom is -0.382 e. The zero-order valence-electron chi connectivity index (χ0n) is 8.07. The summed E-state index contributed by atoms with van der Waals surface area (Å²) >= 11 is 11.2. The van der Waals surface area contributed by atoms with Crippen molar-refractivity contribution in [3.63, 3.8) is 0 Å². The summed E-state index contributed by atoms with van der Waals surface area (Å²) in [5.74, 6) is 0. The highest BCUT2D eigenvalue weighted by Gasteiger charge is 2.06. The van der Waals surface area contributed by atoms with Gasteiger partial charge in [-0.15, -0.1) is 0 Å². The van der Waals surface area contributed by atoms with Crippen molar-refractivity contribution in [3.05, 3.63) is 26.6 Å². The number of ether oxygens (including phenoxy) is 2. The first kappa shape index (κ1) is 12.4. The predicted octanol–water partition coefficient (Wildman–Crippen LogP) is 1.17. The summed E-state index contributed by atoms with van der Waals surface area (Å²) in [5.41, 5.74) is -0.471. The van der Waals surface area contributed by atoms with Crippen LogP contribution in [0.5, 0.6) is 0 Å². The van der Waals surface area contributed by atoms with Gasteiger partial charge in [-0.2, -0.15) is 5.10 Å². The lowest BCUT2D eigenvalue weighted by atomic mass is 10.6. The van der Waals surface area contributed by atoms with Gasteiger partial charge in [0.25, 0.3) is 5.56 Å². The molecule has 1 aromatic rings. The number of methoxy groups -OCH3 is 1. The van der Waals surface area contributed by atoms with Crippen molar-refractivity contribution in [3.8, 4) is 0 Å². The minimum absolute atomic E-state index is 0.0269. The number of nitrogens with zero attached hydrogens (tertiary/aromatic N) is 2. The second-order valence-corrected chi connectivity index (χ2v) is 3.43. The maximum absolute atomic E-state index is 11.4. The molecular weight excluding hydrogens is 243 g/mol. The van der Waals surface area contributed by atoms with Crippen molar-refractivity contribution in [1.29, 1.82) is 0 Å². The van der Waals surface area contributed by atoms with Gasteiger partial charge in [0, 0.05) is 7.11 Å². The molecule has 84 valence electrons. The van der Waals surface area contributed by atoms with Crippen molar-refractivity contribution in [2.75, 3.05) is 20.3 Å². The topological polar surface area (TPSA) is 53.4 Å². The van der Waals surface area contributed by atoms with Crippen LogP contribution in [-0.2, 0) is 16.2 Å². The molecule has 0 aliphatic heterocycles. The van der Waals surface area contributed by atoms with E-state index in [1.54, 1.807) is 7.11 Å². The highest BCUT2D eigenvalue weighted by Crippen LogP contribution is 2.14. The number of hydrogen-bond acceptors (Lipinski definition) is 4. The zero-order valence-corrected chi connectivity index (χ0v) is 9.59. The quantitative estimate of drug-likeness (QED) is 0.739. The SMILES string of the molecule is COCCOCn1ncc(Cl)c(Cl)c1=O. The van der Waals surface area contributed by atoms with Crippen LogP contribution in [0, 0.1) is 0 Å². The molecule has 0 amide bonds. The number of rotatable bonds is 5. The van der Waals surface area contributed by atoms with Crippen LogP contribution in [-0.4, -0.2) is 30.1 Å². The Bertz CT molecular complexity index is 381. The largest absolute Gasteiger partial charge is 0.382 e. The highest BCUT2D eigenvalue weighted by molar-refractivity contribution is 6.41. The van der Waals surface area contributed by atoms with Crippen molar-refractivity contribution < 1.29 is 9.47 Å². The molecule has 0 bridgehead atoms. The Kier molecular flexibility index (Phi) is 5.04. The molecule has 0 radical (unpaired) electrons. The molecule has 7 heteroatoms. The molecular formula is C8H10Cl2N2O3. The van der Waals surface area contributed by atoms with Gasteiger partial charge < -0.3 is 9.47 Å². The average molecular weight is 253 g/mol. The first-order chi connectivity index (χ1) is 7.16. The van der Waals surface area contributed by atoms with Gasteiger partial charge in [-0.3, -0.25) is 4.79 Å². The summed E-state index contributed by atoms with van der Waals surface area (Å²) in [6.07, 6.45) is 1.30. The highest BCUT2D eigenvalue weighted by atomic mass is 35.5. The summed E-state index contributed by atoms with van der Waals surface area (Å²) in [6.45, 7) is 0.861. The summed E-state index contributed by atoms with van der Waals surface area (Å²) in [5, 5.41) is 3.84. The van der Waals surface area contributed by atoms with Crippen LogP contribution >= 0.6 is 23.2 Å². The molecule has 15 heavy (non-hydrogen) atoms. The predicted molar refractivity (Wildman–Crippen MR) is 56.3 cm³/mol. The van der Waals surface area contributed by atoms with Gasteiger partial charge in [-0.05, 0) is 0 Å². The average Bonchev–Trinajstić information content (AvgIpc) is 2.24. The molecule has 0 saturated heterocycles. The van der Waals surface area contributed by atoms with E-state index in [-0.39, 0.29) is 16.8 Å². The maximum atomic E-state index is 11.4. The van der Waals surface area contributed by atoms with E-state index in [2.05, 4.69) is 5.10 Å². The van der Waals surface area contributed by atoms with Crippen LogP contribution in [0.2, 0.25) is 10.0 Å². The molecule has 1 rings (SSSR count). The Labute approximate surface area is 96.5 Å². The van der Waals surface area contributed by atoms with E-state index in [9.17, 15) is 4.79 Å². The van der Waals surface area contributed by atoms with E-state index in [0.717, 1.165) is 4.68 Å². The van der Waals surface area contributed by atoms with E-state index < -0.39 is 5.56 Å². The van der Waals surface area contributed by atoms with Gasteiger partial charge in [0.2, 0.25) is 0 Å². The van der Waals surface area contributed by atoms with E-state index in [1.165, 1.54) is 6.20 Å². The molecule has 0 aromatic carbocycles. The number of halogens is 2. The molecule has 0 fully saturated rings. The van der Waals surface area contributed by atoms with Crippen molar-refractivity contribution in [2.24, 2.45) is 0 Å². The third kappa shape index (κ3) is 3.46. The zero-order chi connectivity index (χ0) is 11.3. The fourth-order valence-electron chi connectivity index (χ4n) is 0.830. The van der Waals surface area contributed by atoms with Crippen molar-refractivity contribution >= 4 is 23.2 Å². The summed E-state index contributed by atoms with van der Waals surface area (Å²) < 4.78 is 11.0. The lowest BCUT2D eigenvalue weighted by Crippen LogP contribution is -2.25. The fourth-order valence-corrected chi connectivity index (χ4v) is 1.10. The van der Waals surface area contributed by atoms with E-state index in [4.69, 9.17) is 32.7 Å². The van der Waals surface area contributed by atoms with E-state index >= 15 is 0 Å². The molecule has 0 unspecified atom stereocenters.